The maximum Gasteiger partial charge on any atom is -1.00 e. The number of halogens is 2. The molecule has 2 aromatic rings. The second kappa shape index (κ2) is 15.3. The van der Waals surface area contributed by atoms with Crippen molar-refractivity contribution in [2.24, 2.45) is 5.41 Å². The number of allylic oxidation sites excluding steroid dienone is 4. The van der Waals surface area contributed by atoms with Crippen LogP contribution in [0.1, 0.15) is 118 Å². The Hall–Kier alpha value is -0.747. The van der Waals surface area contributed by atoms with E-state index >= 15 is 0 Å². The van der Waals surface area contributed by atoms with Crippen LogP contribution in [0.5, 0.6) is 0 Å². The first kappa shape index (κ1) is 37.3. The number of fused-ring (bicyclic) bond motifs is 3. The minimum Gasteiger partial charge on any atom is -1.00 e. The molecule has 38 heavy (non-hydrogen) atoms. The van der Waals surface area contributed by atoms with Gasteiger partial charge in [-0.05, 0) is 17.4 Å². The number of benzene rings is 2. The van der Waals surface area contributed by atoms with E-state index in [1.807, 2.05) is 0 Å². The predicted molar refractivity (Wildman–Crippen MR) is 156 cm³/mol. The molecule has 0 nitrogen and oxygen atoms in total. The summed E-state index contributed by atoms with van der Waals surface area (Å²) >= 11 is 1.62. The molecule has 0 saturated heterocycles. The summed E-state index contributed by atoms with van der Waals surface area (Å²) < 4.78 is 1.68. The maximum absolute atomic E-state index is 3.53. The molecule has 0 aromatic heterocycles. The quantitative estimate of drug-likeness (QED) is 0.377. The van der Waals surface area contributed by atoms with Crippen molar-refractivity contribution in [2.75, 3.05) is 0 Å². The van der Waals surface area contributed by atoms with Crippen LogP contribution in [-0.2, 0) is 41.5 Å². The van der Waals surface area contributed by atoms with Crippen molar-refractivity contribution < 1.29 is 49.0 Å². The second-order valence-corrected chi connectivity index (χ2v) is 14.8. The summed E-state index contributed by atoms with van der Waals surface area (Å²) in [5.41, 5.74) is 10.5. The maximum atomic E-state index is 3.53. The van der Waals surface area contributed by atoms with Crippen molar-refractivity contribution in [1.29, 1.82) is 0 Å². The van der Waals surface area contributed by atoms with Gasteiger partial charge >= 0.3 is 54.1 Å². The molecule has 0 heterocycles. The Balaban J connectivity index is 0.000000673. The Kier molecular flexibility index (Phi) is 15.0. The van der Waals surface area contributed by atoms with Crippen LogP contribution in [0.25, 0.3) is 11.1 Å². The van der Waals surface area contributed by atoms with Gasteiger partial charge in [-0.15, -0.1) is 12.0 Å². The third-order valence-corrected chi connectivity index (χ3v) is 8.68. The van der Waals surface area contributed by atoms with E-state index in [4.69, 9.17) is 0 Å². The summed E-state index contributed by atoms with van der Waals surface area (Å²) in [5, 5.41) is 0. The van der Waals surface area contributed by atoms with Crippen LogP contribution in [0.3, 0.4) is 0 Å². The van der Waals surface area contributed by atoms with Crippen LogP contribution in [0.4, 0.5) is 0 Å². The molecule has 0 radical (unpaired) electrons. The molecule has 0 fully saturated rings. The summed E-state index contributed by atoms with van der Waals surface area (Å²) in [6, 6.07) is 15.1. The van der Waals surface area contributed by atoms with E-state index in [2.05, 4.69) is 131 Å². The molecule has 0 spiro atoms. The van der Waals surface area contributed by atoms with Gasteiger partial charge in [0.1, 0.15) is 0 Å². The second-order valence-electron chi connectivity index (χ2n) is 13.1. The first-order valence-corrected chi connectivity index (χ1v) is 14.8. The molecule has 0 saturated carbocycles. The molecular weight excluding hydrogens is 583 g/mol. The molecule has 2 aliphatic rings. The third kappa shape index (κ3) is 10.7. The summed E-state index contributed by atoms with van der Waals surface area (Å²) in [4.78, 5) is 0. The molecule has 0 atom stereocenters. The zero-order valence-electron chi connectivity index (χ0n) is 25.6. The van der Waals surface area contributed by atoms with Gasteiger partial charge in [0.2, 0.25) is 0 Å². The first-order valence-electron chi connectivity index (χ1n) is 13.6. The standard InChI is InChI=1S/C21H25.C9H13.C5H10.2ClH.Zr/c1-20(2,3)16-9-7-14-11-15-8-10-17(21(4,5)6)13-19(15)18(14)12-16;1-9(2,3)8-6-4-5-7-8;1-3-5-4-2;;;/h7,9-10,12-13H,11H2,1-6H3;6-7H,4H2,1-3H3;3-4H2,1-2H3;2*1H;/q2*-1;;;;+2/p-2. The minimum absolute atomic E-state index is 0. The number of hydrogen-bond donors (Lipinski definition) is 0. The molecule has 0 aliphatic heterocycles. The summed E-state index contributed by atoms with van der Waals surface area (Å²) in [6.07, 6.45) is 12.1. The van der Waals surface area contributed by atoms with Gasteiger partial charge in [0.15, 0.2) is 0 Å². The smallest absolute Gasteiger partial charge is 1.00 e. The molecule has 0 bridgehead atoms. The largest absolute Gasteiger partial charge is 1.00 e. The molecule has 2 aromatic carbocycles. The van der Waals surface area contributed by atoms with E-state index in [-0.39, 0.29) is 35.6 Å². The van der Waals surface area contributed by atoms with Crippen molar-refractivity contribution in [3.8, 4) is 11.1 Å². The van der Waals surface area contributed by atoms with Gasteiger partial charge in [-0.3, -0.25) is 6.08 Å². The van der Waals surface area contributed by atoms with Crippen molar-refractivity contribution in [3.63, 3.8) is 0 Å². The van der Waals surface area contributed by atoms with Gasteiger partial charge in [-0.25, -0.2) is 6.08 Å². The predicted octanol–water partition coefficient (Wildman–Crippen LogP) is 3.91. The summed E-state index contributed by atoms with van der Waals surface area (Å²) in [6.45, 7) is 24.7. The van der Waals surface area contributed by atoms with Crippen LogP contribution >= 0.6 is 0 Å². The SMILES string of the molecule is CC(C)(C)C1=CC[C-]=C1.CC(C)(C)c1c[c-]c2c(c1)-c1cc(C(C)(C)C)ccc1C2.CC[C](=[Zr+2])CC.[Cl-].[Cl-]. The van der Waals surface area contributed by atoms with Crippen molar-refractivity contribution >= 4 is 3.21 Å². The van der Waals surface area contributed by atoms with Crippen LogP contribution in [-0.4, -0.2) is 3.21 Å². The molecular formula is C35H48Cl2Zr-2. The van der Waals surface area contributed by atoms with Crippen molar-refractivity contribution in [1.82, 2.24) is 0 Å². The Morgan fingerprint density at radius 2 is 1.34 bits per heavy atom. The fraction of sp³-hybridized carbons (Fsp3) is 0.514. The third-order valence-electron chi connectivity index (χ3n) is 6.94. The van der Waals surface area contributed by atoms with Gasteiger partial charge in [0, 0.05) is 0 Å². The zero-order valence-corrected chi connectivity index (χ0v) is 29.6. The fourth-order valence-electron chi connectivity index (χ4n) is 4.15. The molecule has 4 rings (SSSR count). The van der Waals surface area contributed by atoms with Crippen LogP contribution in [0.15, 0.2) is 48.1 Å². The van der Waals surface area contributed by atoms with E-state index < -0.39 is 0 Å². The summed E-state index contributed by atoms with van der Waals surface area (Å²) in [5.74, 6) is 0. The molecule has 208 valence electrons. The van der Waals surface area contributed by atoms with Gasteiger partial charge in [-0.2, -0.15) is 41.0 Å². The van der Waals surface area contributed by atoms with Crippen LogP contribution in [0, 0.1) is 17.6 Å². The average Bonchev–Trinajstić information content (AvgIpc) is 3.45. The van der Waals surface area contributed by atoms with E-state index in [1.165, 1.54) is 51.8 Å². The van der Waals surface area contributed by atoms with E-state index in [9.17, 15) is 0 Å². The normalized spacial score (nSPS) is 13.4. The van der Waals surface area contributed by atoms with E-state index in [0.717, 1.165) is 12.8 Å². The van der Waals surface area contributed by atoms with E-state index in [0.29, 0.717) is 5.41 Å². The minimum atomic E-state index is 0. The zero-order chi connectivity index (χ0) is 27.3. The fourth-order valence-corrected chi connectivity index (χ4v) is 4.15. The van der Waals surface area contributed by atoms with Crippen LogP contribution in [0.2, 0.25) is 0 Å². The molecule has 0 N–H and O–H groups in total. The average molecular weight is 631 g/mol. The Morgan fingerprint density at radius 1 is 0.789 bits per heavy atom. The molecule has 3 heteroatoms. The van der Waals surface area contributed by atoms with E-state index in [1.54, 1.807) is 27.4 Å². The van der Waals surface area contributed by atoms with Crippen molar-refractivity contribution in [3.05, 3.63) is 82.5 Å². The molecule has 2 aliphatic carbocycles. The van der Waals surface area contributed by atoms with Crippen molar-refractivity contribution in [2.45, 2.75) is 113 Å². The van der Waals surface area contributed by atoms with Gasteiger partial charge in [-0.1, -0.05) is 102 Å². The Labute approximate surface area is 262 Å². The molecule has 0 unspecified atom stereocenters. The number of rotatable bonds is 2. The summed E-state index contributed by atoms with van der Waals surface area (Å²) in [7, 11) is 0. The molecule has 0 amide bonds. The van der Waals surface area contributed by atoms with Gasteiger partial charge in [0.05, 0.1) is 0 Å². The van der Waals surface area contributed by atoms with Gasteiger partial charge < -0.3 is 24.8 Å². The Bertz CT molecular complexity index is 1050. The monoisotopic (exact) mass is 628 g/mol. The Morgan fingerprint density at radius 3 is 1.74 bits per heavy atom. The number of hydrogen-bond acceptors (Lipinski definition) is 0. The topological polar surface area (TPSA) is 0 Å². The van der Waals surface area contributed by atoms with Crippen LogP contribution < -0.4 is 24.8 Å². The van der Waals surface area contributed by atoms with Gasteiger partial charge in [0.25, 0.3) is 0 Å². The first-order chi connectivity index (χ1) is 16.6.